The Morgan fingerprint density at radius 1 is 0.667 bits per heavy atom. The average molecular weight is 522 g/mol. The minimum absolute atomic E-state index is 0.365. The lowest BCUT2D eigenvalue weighted by Crippen LogP contribution is -2.07. The molecule has 3 rings (SSSR count). The predicted octanol–water partition coefficient (Wildman–Crippen LogP) is 10.6. The fourth-order valence-corrected chi connectivity index (χ4v) is 4.97. The summed E-state index contributed by atoms with van der Waals surface area (Å²) in [7, 11) is 0. The van der Waals surface area contributed by atoms with Gasteiger partial charge in [-0.1, -0.05) is 97.9 Å². The molecule has 0 aliphatic heterocycles. The van der Waals surface area contributed by atoms with Crippen molar-refractivity contribution in [3.05, 3.63) is 100 Å². The summed E-state index contributed by atoms with van der Waals surface area (Å²) in [5, 5.41) is 0. The van der Waals surface area contributed by atoms with E-state index >= 15 is 0 Å². The number of hydrogen-bond acceptors (Lipinski definition) is 3. The Balaban J connectivity index is 2.11. The maximum Gasteiger partial charge on any atom is 0.0849 e. The van der Waals surface area contributed by atoms with E-state index in [0.717, 1.165) is 40.6 Å². The van der Waals surface area contributed by atoms with Crippen molar-refractivity contribution in [2.24, 2.45) is 9.98 Å². The average Bonchev–Trinajstić information content (AvgIpc) is 2.88. The van der Waals surface area contributed by atoms with Crippen LogP contribution < -0.4 is 0 Å². The van der Waals surface area contributed by atoms with Crippen molar-refractivity contribution < 1.29 is 0 Å². The largest absolute Gasteiger partial charge is 0.251 e. The van der Waals surface area contributed by atoms with Crippen LogP contribution in [-0.2, 0) is 6.42 Å². The third kappa shape index (κ3) is 7.20. The molecule has 1 heterocycles. The van der Waals surface area contributed by atoms with E-state index < -0.39 is 0 Å². The van der Waals surface area contributed by atoms with Gasteiger partial charge in [-0.2, -0.15) is 0 Å². The molecule has 3 nitrogen and oxygen atoms in total. The van der Waals surface area contributed by atoms with Gasteiger partial charge >= 0.3 is 0 Å². The van der Waals surface area contributed by atoms with Crippen molar-refractivity contribution in [2.75, 3.05) is 0 Å². The lowest BCUT2D eigenvalue weighted by molar-refractivity contribution is 0.830. The SMILES string of the molecule is C=CCc1cc(C(C)C)c(N=C(C)c2cccc(C(C)=Nc3c(C(C)C)cccc3C(C)C)n2)c(C(C)C)c1. The molecule has 0 aliphatic rings. The van der Waals surface area contributed by atoms with Crippen LogP contribution in [0.25, 0.3) is 0 Å². The monoisotopic (exact) mass is 521 g/mol. The highest BCUT2D eigenvalue weighted by atomic mass is 14.8. The van der Waals surface area contributed by atoms with E-state index in [9.17, 15) is 0 Å². The molecule has 0 atom stereocenters. The summed E-state index contributed by atoms with van der Waals surface area (Å²) in [4.78, 5) is 15.4. The van der Waals surface area contributed by atoms with Crippen molar-refractivity contribution in [2.45, 2.75) is 99.3 Å². The zero-order valence-electron chi connectivity index (χ0n) is 25.8. The molecule has 0 fully saturated rings. The van der Waals surface area contributed by atoms with E-state index in [-0.39, 0.29) is 0 Å². The third-order valence-electron chi connectivity index (χ3n) is 7.24. The molecule has 3 heteroatoms. The Bertz CT molecular complexity index is 1310. The van der Waals surface area contributed by atoms with Crippen LogP contribution in [-0.4, -0.2) is 16.4 Å². The molecule has 0 aliphatic carbocycles. The Labute approximate surface area is 237 Å². The van der Waals surface area contributed by atoms with Gasteiger partial charge < -0.3 is 0 Å². The van der Waals surface area contributed by atoms with Crippen LogP contribution in [0.1, 0.15) is 132 Å². The van der Waals surface area contributed by atoms with Gasteiger partial charge in [-0.15, -0.1) is 6.58 Å². The minimum atomic E-state index is 0.365. The number of aliphatic imine (C=N–C) groups is 2. The Hall–Kier alpha value is -3.33. The first-order valence-electron chi connectivity index (χ1n) is 14.4. The molecule has 1 aromatic heterocycles. The van der Waals surface area contributed by atoms with Crippen LogP contribution >= 0.6 is 0 Å². The molecule has 0 radical (unpaired) electrons. The van der Waals surface area contributed by atoms with Gasteiger partial charge in [0.05, 0.1) is 34.2 Å². The zero-order chi connectivity index (χ0) is 28.9. The molecule has 0 N–H and O–H groups in total. The first-order chi connectivity index (χ1) is 18.4. The van der Waals surface area contributed by atoms with Crippen LogP contribution in [0.4, 0.5) is 11.4 Å². The summed E-state index contributed by atoms with van der Waals surface area (Å²) in [6, 6.07) is 17.3. The molecule has 3 aromatic rings. The van der Waals surface area contributed by atoms with Crippen molar-refractivity contribution in [3.8, 4) is 0 Å². The van der Waals surface area contributed by atoms with Crippen molar-refractivity contribution >= 4 is 22.8 Å². The quantitative estimate of drug-likeness (QED) is 0.193. The summed E-state index contributed by atoms with van der Waals surface area (Å²) in [6.07, 6.45) is 2.84. The number of para-hydroxylation sites is 1. The zero-order valence-corrected chi connectivity index (χ0v) is 25.8. The van der Waals surface area contributed by atoms with Crippen molar-refractivity contribution in [1.82, 2.24) is 4.98 Å². The third-order valence-corrected chi connectivity index (χ3v) is 7.24. The number of hydrogen-bond donors (Lipinski definition) is 0. The fraction of sp³-hybridized carbons (Fsp3) is 0.417. The smallest absolute Gasteiger partial charge is 0.0849 e. The van der Waals surface area contributed by atoms with Crippen LogP contribution in [0.15, 0.2) is 71.2 Å². The van der Waals surface area contributed by atoms with Gasteiger partial charge in [0.15, 0.2) is 0 Å². The summed E-state index contributed by atoms with van der Waals surface area (Å²) in [6.45, 7) is 26.0. The molecule has 0 amide bonds. The highest BCUT2D eigenvalue weighted by Crippen LogP contribution is 2.37. The van der Waals surface area contributed by atoms with Crippen LogP contribution in [0.3, 0.4) is 0 Å². The molecule has 0 unspecified atom stereocenters. The van der Waals surface area contributed by atoms with Crippen molar-refractivity contribution in [1.29, 1.82) is 0 Å². The molecule has 39 heavy (non-hydrogen) atoms. The first kappa shape index (κ1) is 30.2. The Kier molecular flexibility index (Phi) is 10.2. The van der Waals surface area contributed by atoms with Gasteiger partial charge in [0.2, 0.25) is 0 Å². The summed E-state index contributed by atoms with van der Waals surface area (Å²) < 4.78 is 0. The number of rotatable bonds is 10. The second-order valence-corrected chi connectivity index (χ2v) is 11.8. The summed E-state index contributed by atoms with van der Waals surface area (Å²) in [5.41, 5.74) is 12.1. The molecule has 0 saturated carbocycles. The molecule has 0 bridgehead atoms. The van der Waals surface area contributed by atoms with Crippen LogP contribution in [0, 0.1) is 0 Å². The molecular weight excluding hydrogens is 474 g/mol. The molecule has 0 saturated heterocycles. The summed E-state index contributed by atoms with van der Waals surface area (Å²) in [5.74, 6) is 1.52. The Morgan fingerprint density at radius 2 is 1.05 bits per heavy atom. The van der Waals surface area contributed by atoms with Gasteiger partial charge in [0.1, 0.15) is 0 Å². The van der Waals surface area contributed by atoms with Gasteiger partial charge in [0, 0.05) is 0 Å². The Morgan fingerprint density at radius 3 is 1.44 bits per heavy atom. The molecule has 0 spiro atoms. The van der Waals surface area contributed by atoms with E-state index in [4.69, 9.17) is 15.0 Å². The molecular formula is C36H47N3. The lowest BCUT2D eigenvalue weighted by atomic mass is 9.89. The molecule has 206 valence electrons. The number of allylic oxidation sites excluding steroid dienone is 1. The second kappa shape index (κ2) is 13.2. The van der Waals surface area contributed by atoms with Gasteiger partial charge in [-0.05, 0) is 83.9 Å². The van der Waals surface area contributed by atoms with E-state index in [1.807, 2.05) is 18.2 Å². The fourth-order valence-electron chi connectivity index (χ4n) is 4.97. The lowest BCUT2D eigenvalue weighted by Gasteiger charge is -2.19. The number of nitrogens with zero attached hydrogens (tertiary/aromatic N) is 3. The number of benzene rings is 2. The maximum absolute atomic E-state index is 5.22. The summed E-state index contributed by atoms with van der Waals surface area (Å²) >= 11 is 0. The van der Waals surface area contributed by atoms with E-state index in [0.29, 0.717) is 23.7 Å². The van der Waals surface area contributed by atoms with E-state index in [2.05, 4.69) is 112 Å². The van der Waals surface area contributed by atoms with Gasteiger partial charge in [0.25, 0.3) is 0 Å². The maximum atomic E-state index is 5.22. The standard InChI is InChI=1S/C36H47N3/c1-12-15-28-20-31(24(6)7)36(32(21-28)25(8)9)38-27(11)34-19-14-18-33(39-34)26(10)37-35-29(22(2)3)16-13-17-30(35)23(4)5/h12-14,16-25H,1,15H2,2-11H3. The van der Waals surface area contributed by atoms with E-state index in [1.54, 1.807) is 0 Å². The second-order valence-electron chi connectivity index (χ2n) is 11.8. The highest BCUT2D eigenvalue weighted by Gasteiger charge is 2.17. The van der Waals surface area contributed by atoms with Crippen molar-refractivity contribution in [3.63, 3.8) is 0 Å². The van der Waals surface area contributed by atoms with Gasteiger partial charge in [-0.3, -0.25) is 9.98 Å². The normalized spacial score (nSPS) is 12.8. The van der Waals surface area contributed by atoms with E-state index in [1.165, 1.54) is 27.8 Å². The van der Waals surface area contributed by atoms with Crippen LogP contribution in [0.2, 0.25) is 0 Å². The topological polar surface area (TPSA) is 37.6 Å². The number of pyridine rings is 1. The van der Waals surface area contributed by atoms with Gasteiger partial charge in [-0.25, -0.2) is 4.98 Å². The highest BCUT2D eigenvalue weighted by molar-refractivity contribution is 6.02. The first-order valence-corrected chi connectivity index (χ1v) is 14.4. The van der Waals surface area contributed by atoms with Crippen LogP contribution in [0.5, 0.6) is 0 Å². The minimum Gasteiger partial charge on any atom is -0.251 e. The molecule has 2 aromatic carbocycles. The predicted molar refractivity (Wildman–Crippen MR) is 171 cm³/mol. The number of aromatic nitrogens is 1.